The number of benzene rings is 3. The highest BCUT2D eigenvalue weighted by Gasteiger charge is 2.33. The van der Waals surface area contributed by atoms with E-state index in [2.05, 4.69) is 0 Å². The van der Waals surface area contributed by atoms with Crippen LogP contribution in [0.1, 0.15) is 53.6 Å². The van der Waals surface area contributed by atoms with Gasteiger partial charge >= 0.3 is 0 Å². The van der Waals surface area contributed by atoms with E-state index in [9.17, 15) is 14.7 Å². The van der Waals surface area contributed by atoms with Crippen LogP contribution in [0.3, 0.4) is 0 Å². The first kappa shape index (κ1) is 27.1. The molecule has 0 radical (unpaired) electrons. The minimum Gasteiger partial charge on any atom is -0.508 e. The second-order valence-electron chi connectivity index (χ2n) is 10.5. The Labute approximate surface area is 232 Å². The fourth-order valence-electron chi connectivity index (χ4n) is 5.17. The zero-order valence-corrected chi connectivity index (χ0v) is 23.0. The lowest BCUT2D eigenvalue weighted by molar-refractivity contribution is 0.0602. The van der Waals surface area contributed by atoms with Crippen LogP contribution in [0.5, 0.6) is 5.75 Å². The van der Waals surface area contributed by atoms with E-state index in [0.717, 1.165) is 10.9 Å². The number of carbonyl (C=O) groups is 1. The van der Waals surface area contributed by atoms with Gasteiger partial charge in [-0.25, -0.2) is 4.98 Å². The SMILES string of the molecule is Cc1ccc(C(=O)N(CCCN)C(c2nc3c(oc4ccccc43)c(=O)n2Cc2ccccc2O)C(C)C)cc1. The molecule has 0 saturated carbocycles. The normalized spacial score (nSPS) is 12.3. The number of aryl methyl sites for hydroxylation is 1. The van der Waals surface area contributed by atoms with Crippen molar-refractivity contribution in [1.82, 2.24) is 14.5 Å². The topological polar surface area (TPSA) is 115 Å². The lowest BCUT2D eigenvalue weighted by Gasteiger charge is -2.35. The predicted octanol–water partition coefficient (Wildman–Crippen LogP) is 5.39. The zero-order valence-electron chi connectivity index (χ0n) is 23.0. The Kier molecular flexibility index (Phi) is 7.71. The average Bonchev–Trinajstić information content (AvgIpc) is 3.32. The molecule has 0 saturated heterocycles. The molecule has 5 aromatic rings. The van der Waals surface area contributed by atoms with Crippen LogP contribution in [0, 0.1) is 12.8 Å². The number of nitrogens with zero attached hydrogens (tertiary/aromatic N) is 3. The van der Waals surface area contributed by atoms with E-state index in [4.69, 9.17) is 15.1 Å². The first-order valence-electron chi connectivity index (χ1n) is 13.6. The van der Waals surface area contributed by atoms with Gasteiger partial charge in [-0.2, -0.15) is 0 Å². The molecule has 206 valence electrons. The lowest BCUT2D eigenvalue weighted by atomic mass is 9.98. The molecule has 3 aromatic carbocycles. The van der Waals surface area contributed by atoms with Crippen LogP contribution in [0.4, 0.5) is 0 Å². The third-order valence-electron chi connectivity index (χ3n) is 7.23. The molecule has 3 N–H and O–H groups in total. The number of para-hydroxylation sites is 2. The fraction of sp³-hybridized carbons (Fsp3) is 0.281. The number of aromatic hydroxyl groups is 1. The summed E-state index contributed by atoms with van der Waals surface area (Å²) in [6.07, 6.45) is 0.585. The number of furan rings is 1. The van der Waals surface area contributed by atoms with E-state index in [1.807, 2.05) is 63.2 Å². The minimum absolute atomic E-state index is 0.0630. The van der Waals surface area contributed by atoms with E-state index in [1.54, 1.807) is 35.2 Å². The first-order valence-corrected chi connectivity index (χ1v) is 13.6. The number of phenols is 1. The van der Waals surface area contributed by atoms with Crippen molar-refractivity contribution in [3.8, 4) is 5.75 Å². The smallest absolute Gasteiger partial charge is 0.297 e. The van der Waals surface area contributed by atoms with Crippen molar-refractivity contribution in [2.24, 2.45) is 11.7 Å². The molecule has 2 aromatic heterocycles. The standard InChI is InChI=1S/C32H34N4O4/c1-20(2)28(35(18-8-17-33)31(38)22-15-13-21(3)14-16-22)30-34-27-24-10-5-7-12-26(24)40-29(27)32(39)36(30)19-23-9-4-6-11-25(23)37/h4-7,9-16,20,28,37H,8,17-19,33H2,1-3H3. The van der Waals surface area contributed by atoms with Crippen LogP contribution >= 0.6 is 0 Å². The molecule has 0 aliphatic carbocycles. The number of rotatable bonds is 9. The van der Waals surface area contributed by atoms with Gasteiger partial charge in [0.2, 0.25) is 5.58 Å². The van der Waals surface area contributed by atoms with Gasteiger partial charge in [0.05, 0.1) is 12.6 Å². The molecule has 8 nitrogen and oxygen atoms in total. The second kappa shape index (κ2) is 11.4. The predicted molar refractivity (Wildman–Crippen MR) is 156 cm³/mol. The third-order valence-corrected chi connectivity index (χ3v) is 7.23. The number of amides is 1. The third kappa shape index (κ3) is 5.10. The number of aromatic nitrogens is 2. The minimum atomic E-state index is -0.558. The van der Waals surface area contributed by atoms with Gasteiger partial charge in [0.15, 0.2) is 0 Å². The molecule has 0 aliphatic heterocycles. The maximum Gasteiger partial charge on any atom is 0.297 e. The summed E-state index contributed by atoms with van der Waals surface area (Å²) < 4.78 is 7.52. The van der Waals surface area contributed by atoms with Crippen LogP contribution in [-0.4, -0.2) is 38.6 Å². The molecule has 1 unspecified atom stereocenters. The van der Waals surface area contributed by atoms with Gasteiger partial charge in [-0.3, -0.25) is 14.2 Å². The van der Waals surface area contributed by atoms with Gasteiger partial charge < -0.3 is 20.2 Å². The summed E-state index contributed by atoms with van der Waals surface area (Å²) in [5.41, 5.74) is 8.85. The number of phenolic OH excluding ortho intramolecular Hbond substituents is 1. The van der Waals surface area contributed by atoms with E-state index in [1.165, 1.54) is 4.57 Å². The van der Waals surface area contributed by atoms with Gasteiger partial charge in [0.1, 0.15) is 22.7 Å². The first-order chi connectivity index (χ1) is 19.3. The number of fused-ring (bicyclic) bond motifs is 3. The van der Waals surface area contributed by atoms with Crippen molar-refractivity contribution in [3.63, 3.8) is 0 Å². The van der Waals surface area contributed by atoms with Crippen LogP contribution in [0.15, 0.2) is 82.0 Å². The van der Waals surface area contributed by atoms with Crippen LogP contribution < -0.4 is 11.3 Å². The van der Waals surface area contributed by atoms with Crippen molar-refractivity contribution in [2.45, 2.75) is 39.8 Å². The molecule has 0 fully saturated rings. The van der Waals surface area contributed by atoms with E-state index < -0.39 is 6.04 Å². The second-order valence-corrected chi connectivity index (χ2v) is 10.5. The van der Waals surface area contributed by atoms with E-state index in [0.29, 0.717) is 47.6 Å². The Balaban J connectivity index is 1.76. The highest BCUT2D eigenvalue weighted by atomic mass is 16.3. The highest BCUT2D eigenvalue weighted by Crippen LogP contribution is 2.33. The quantitative estimate of drug-likeness (QED) is 0.260. The highest BCUT2D eigenvalue weighted by molar-refractivity contribution is 6.02. The van der Waals surface area contributed by atoms with Gasteiger partial charge in [-0.15, -0.1) is 0 Å². The van der Waals surface area contributed by atoms with Crippen LogP contribution in [0.2, 0.25) is 0 Å². The Morgan fingerprint density at radius 2 is 1.75 bits per heavy atom. The Hall–Kier alpha value is -4.43. The Bertz CT molecular complexity index is 1720. The summed E-state index contributed by atoms with van der Waals surface area (Å²) in [5.74, 6) is 0.236. The molecular weight excluding hydrogens is 504 g/mol. The van der Waals surface area contributed by atoms with Crippen molar-refractivity contribution in [1.29, 1.82) is 0 Å². The number of carbonyl (C=O) groups excluding carboxylic acids is 1. The molecular formula is C32H34N4O4. The molecule has 40 heavy (non-hydrogen) atoms. The maximum absolute atomic E-state index is 14.1. The molecule has 1 atom stereocenters. The lowest BCUT2D eigenvalue weighted by Crippen LogP contribution is -2.42. The Morgan fingerprint density at radius 3 is 2.45 bits per heavy atom. The molecule has 0 bridgehead atoms. The van der Waals surface area contributed by atoms with E-state index in [-0.39, 0.29) is 35.3 Å². The summed E-state index contributed by atoms with van der Waals surface area (Å²) in [5, 5.41) is 11.3. The number of nitrogens with two attached hydrogens (primary N) is 1. The fourth-order valence-corrected chi connectivity index (χ4v) is 5.17. The van der Waals surface area contributed by atoms with Crippen molar-refractivity contribution < 1.29 is 14.3 Å². The van der Waals surface area contributed by atoms with Crippen LogP contribution in [-0.2, 0) is 6.54 Å². The van der Waals surface area contributed by atoms with E-state index >= 15 is 0 Å². The van der Waals surface area contributed by atoms with Gasteiger partial charge in [-0.1, -0.05) is 61.9 Å². The molecule has 8 heteroatoms. The van der Waals surface area contributed by atoms with Gasteiger partial charge in [0, 0.05) is 23.1 Å². The summed E-state index contributed by atoms with van der Waals surface area (Å²) in [6, 6.07) is 21.2. The Morgan fingerprint density at radius 1 is 1.05 bits per heavy atom. The molecule has 1 amide bonds. The largest absolute Gasteiger partial charge is 0.508 e. The maximum atomic E-state index is 14.1. The average molecular weight is 539 g/mol. The number of hydrogen-bond donors (Lipinski definition) is 2. The van der Waals surface area contributed by atoms with Crippen molar-refractivity contribution >= 4 is 28.0 Å². The number of hydrogen-bond acceptors (Lipinski definition) is 6. The molecule has 5 rings (SSSR count). The summed E-state index contributed by atoms with van der Waals surface area (Å²) >= 11 is 0. The summed E-state index contributed by atoms with van der Waals surface area (Å²) in [6.45, 7) is 6.86. The molecule has 0 aliphatic rings. The summed E-state index contributed by atoms with van der Waals surface area (Å²) in [4.78, 5) is 35.0. The molecule has 2 heterocycles. The van der Waals surface area contributed by atoms with Crippen molar-refractivity contribution in [3.05, 3.63) is 106 Å². The zero-order chi connectivity index (χ0) is 28.4. The molecule has 0 spiro atoms. The van der Waals surface area contributed by atoms with Crippen molar-refractivity contribution in [2.75, 3.05) is 13.1 Å². The monoisotopic (exact) mass is 538 g/mol. The summed E-state index contributed by atoms with van der Waals surface area (Å²) in [7, 11) is 0. The van der Waals surface area contributed by atoms with Crippen LogP contribution in [0.25, 0.3) is 22.1 Å². The van der Waals surface area contributed by atoms with Gasteiger partial charge in [-0.05, 0) is 56.1 Å². The van der Waals surface area contributed by atoms with Gasteiger partial charge in [0.25, 0.3) is 11.5 Å².